The van der Waals surface area contributed by atoms with Crippen LogP contribution < -0.4 is 5.32 Å². The van der Waals surface area contributed by atoms with Crippen LogP contribution in [0.25, 0.3) is 0 Å². The standard InChI is InChI=1S/C10H19NO2/c1-3-5-6-7-11-8-10(12)9-13-4-2/h10-12H,4,6-9H2,1-2H3. The number of aliphatic hydroxyl groups excluding tert-OH is 1. The van der Waals surface area contributed by atoms with Crippen LogP contribution in [0.15, 0.2) is 0 Å². The van der Waals surface area contributed by atoms with Crippen molar-refractivity contribution in [2.75, 3.05) is 26.3 Å². The average Bonchev–Trinajstić information content (AvgIpc) is 2.14. The summed E-state index contributed by atoms with van der Waals surface area (Å²) < 4.78 is 5.06. The minimum absolute atomic E-state index is 0.406. The van der Waals surface area contributed by atoms with Gasteiger partial charge in [0.15, 0.2) is 0 Å². The number of hydrogen-bond acceptors (Lipinski definition) is 3. The summed E-state index contributed by atoms with van der Waals surface area (Å²) in [5.41, 5.74) is 0. The van der Waals surface area contributed by atoms with E-state index in [-0.39, 0.29) is 0 Å². The maximum atomic E-state index is 9.31. The van der Waals surface area contributed by atoms with Crippen molar-refractivity contribution in [3.63, 3.8) is 0 Å². The summed E-state index contributed by atoms with van der Waals surface area (Å²) in [4.78, 5) is 0. The molecule has 0 aromatic heterocycles. The van der Waals surface area contributed by atoms with E-state index in [4.69, 9.17) is 4.74 Å². The van der Waals surface area contributed by atoms with Crippen LogP contribution in [0, 0.1) is 11.8 Å². The van der Waals surface area contributed by atoms with Crippen molar-refractivity contribution in [3.05, 3.63) is 0 Å². The number of ether oxygens (including phenoxy) is 1. The summed E-state index contributed by atoms with van der Waals surface area (Å²) in [5, 5.41) is 12.4. The van der Waals surface area contributed by atoms with Gasteiger partial charge in [-0.3, -0.25) is 0 Å². The minimum atomic E-state index is -0.408. The molecule has 0 radical (unpaired) electrons. The van der Waals surface area contributed by atoms with Crippen molar-refractivity contribution in [1.29, 1.82) is 0 Å². The zero-order chi connectivity index (χ0) is 9.94. The summed E-state index contributed by atoms with van der Waals surface area (Å²) in [7, 11) is 0. The van der Waals surface area contributed by atoms with E-state index in [1.807, 2.05) is 13.8 Å². The lowest BCUT2D eigenvalue weighted by atomic mass is 10.3. The lowest BCUT2D eigenvalue weighted by Crippen LogP contribution is -2.30. The second-order valence-electron chi connectivity index (χ2n) is 2.69. The highest BCUT2D eigenvalue weighted by Gasteiger charge is 2.01. The van der Waals surface area contributed by atoms with Gasteiger partial charge in [0, 0.05) is 26.1 Å². The van der Waals surface area contributed by atoms with Gasteiger partial charge in [-0.25, -0.2) is 0 Å². The number of hydrogen-bond donors (Lipinski definition) is 2. The highest BCUT2D eigenvalue weighted by atomic mass is 16.5. The third-order valence-corrected chi connectivity index (χ3v) is 1.50. The monoisotopic (exact) mass is 185 g/mol. The maximum Gasteiger partial charge on any atom is 0.0897 e. The molecule has 0 spiro atoms. The lowest BCUT2D eigenvalue weighted by molar-refractivity contribution is 0.0430. The van der Waals surface area contributed by atoms with Gasteiger partial charge in [-0.2, -0.15) is 0 Å². The molecule has 0 aliphatic heterocycles. The largest absolute Gasteiger partial charge is 0.389 e. The van der Waals surface area contributed by atoms with Crippen molar-refractivity contribution >= 4 is 0 Å². The molecule has 0 saturated heterocycles. The Kier molecular flexibility index (Phi) is 9.12. The van der Waals surface area contributed by atoms with E-state index in [1.165, 1.54) is 0 Å². The first kappa shape index (κ1) is 12.4. The second kappa shape index (κ2) is 9.53. The third-order valence-electron chi connectivity index (χ3n) is 1.50. The van der Waals surface area contributed by atoms with Gasteiger partial charge in [0.2, 0.25) is 0 Å². The fourth-order valence-corrected chi connectivity index (χ4v) is 0.857. The van der Waals surface area contributed by atoms with Gasteiger partial charge < -0.3 is 15.2 Å². The summed E-state index contributed by atoms with van der Waals surface area (Å²) in [5.74, 6) is 5.75. The van der Waals surface area contributed by atoms with Gasteiger partial charge in [-0.15, -0.1) is 11.8 Å². The van der Waals surface area contributed by atoms with Crippen molar-refractivity contribution in [3.8, 4) is 11.8 Å². The zero-order valence-corrected chi connectivity index (χ0v) is 8.47. The van der Waals surface area contributed by atoms with Crippen LogP contribution in [0.2, 0.25) is 0 Å². The van der Waals surface area contributed by atoms with Gasteiger partial charge in [0.25, 0.3) is 0 Å². The molecule has 0 aromatic rings. The first-order chi connectivity index (χ1) is 6.31. The van der Waals surface area contributed by atoms with E-state index in [0.29, 0.717) is 19.8 Å². The van der Waals surface area contributed by atoms with Crippen molar-refractivity contribution in [2.24, 2.45) is 0 Å². The average molecular weight is 185 g/mol. The second-order valence-corrected chi connectivity index (χ2v) is 2.69. The van der Waals surface area contributed by atoms with Crippen LogP contribution in [0.5, 0.6) is 0 Å². The fourth-order valence-electron chi connectivity index (χ4n) is 0.857. The van der Waals surface area contributed by atoms with Gasteiger partial charge in [-0.1, -0.05) is 0 Å². The molecule has 1 unspecified atom stereocenters. The minimum Gasteiger partial charge on any atom is -0.389 e. The van der Waals surface area contributed by atoms with E-state index in [2.05, 4.69) is 17.2 Å². The summed E-state index contributed by atoms with van der Waals surface area (Å²) in [6.07, 6.45) is 0.423. The molecule has 2 N–H and O–H groups in total. The van der Waals surface area contributed by atoms with E-state index >= 15 is 0 Å². The molecule has 0 aromatic carbocycles. The zero-order valence-electron chi connectivity index (χ0n) is 8.47. The molecule has 0 fully saturated rings. The Hall–Kier alpha value is -0.560. The van der Waals surface area contributed by atoms with Crippen LogP contribution in [0.3, 0.4) is 0 Å². The van der Waals surface area contributed by atoms with Crippen molar-refractivity contribution in [2.45, 2.75) is 26.4 Å². The van der Waals surface area contributed by atoms with Gasteiger partial charge >= 0.3 is 0 Å². The van der Waals surface area contributed by atoms with Crippen LogP contribution in [0.1, 0.15) is 20.3 Å². The SMILES string of the molecule is CC#CCCNCC(O)COCC. The number of nitrogens with one attached hydrogen (secondary N) is 1. The Balaban J connectivity index is 3.14. The topological polar surface area (TPSA) is 41.5 Å². The van der Waals surface area contributed by atoms with Gasteiger partial charge in [-0.05, 0) is 13.8 Å². The molecular weight excluding hydrogens is 166 g/mol. The summed E-state index contributed by atoms with van der Waals surface area (Å²) >= 11 is 0. The normalized spacial score (nSPS) is 11.9. The Morgan fingerprint density at radius 2 is 2.31 bits per heavy atom. The van der Waals surface area contributed by atoms with Crippen LogP contribution >= 0.6 is 0 Å². The van der Waals surface area contributed by atoms with E-state index < -0.39 is 6.10 Å². The molecule has 0 bridgehead atoms. The van der Waals surface area contributed by atoms with Crippen LogP contribution in [-0.2, 0) is 4.74 Å². The molecule has 0 saturated carbocycles. The van der Waals surface area contributed by atoms with E-state index in [1.54, 1.807) is 0 Å². The molecule has 0 aliphatic carbocycles. The van der Waals surface area contributed by atoms with Crippen molar-refractivity contribution < 1.29 is 9.84 Å². The lowest BCUT2D eigenvalue weighted by Gasteiger charge is -2.10. The molecule has 13 heavy (non-hydrogen) atoms. The smallest absolute Gasteiger partial charge is 0.0897 e. The highest BCUT2D eigenvalue weighted by Crippen LogP contribution is 1.83. The van der Waals surface area contributed by atoms with Gasteiger partial charge in [0.1, 0.15) is 0 Å². The Bertz CT molecular complexity index is 160. The maximum absolute atomic E-state index is 9.31. The molecule has 0 rings (SSSR count). The first-order valence-electron chi connectivity index (χ1n) is 4.67. The fraction of sp³-hybridized carbons (Fsp3) is 0.800. The molecule has 3 nitrogen and oxygen atoms in total. The first-order valence-corrected chi connectivity index (χ1v) is 4.67. The van der Waals surface area contributed by atoms with Crippen LogP contribution in [0.4, 0.5) is 0 Å². The number of aliphatic hydroxyl groups is 1. The molecular formula is C10H19NO2. The summed E-state index contributed by atoms with van der Waals surface area (Å²) in [6.45, 7) is 6.19. The molecule has 76 valence electrons. The summed E-state index contributed by atoms with van der Waals surface area (Å²) in [6, 6.07) is 0. The van der Waals surface area contributed by atoms with E-state index in [0.717, 1.165) is 13.0 Å². The van der Waals surface area contributed by atoms with E-state index in [9.17, 15) is 5.11 Å². The predicted octanol–water partition coefficient (Wildman–Crippen LogP) is 0.387. The van der Waals surface area contributed by atoms with Gasteiger partial charge in [0.05, 0.1) is 12.7 Å². The predicted molar refractivity (Wildman–Crippen MR) is 53.4 cm³/mol. The van der Waals surface area contributed by atoms with Crippen molar-refractivity contribution in [1.82, 2.24) is 5.32 Å². The Labute approximate surface area is 80.5 Å². The quantitative estimate of drug-likeness (QED) is 0.445. The third kappa shape index (κ3) is 9.35. The Morgan fingerprint density at radius 3 is 2.92 bits per heavy atom. The van der Waals surface area contributed by atoms with Crippen LogP contribution in [-0.4, -0.2) is 37.5 Å². The molecule has 0 aliphatic rings. The highest BCUT2D eigenvalue weighted by molar-refractivity contribution is 4.95. The molecule has 1 atom stereocenters. The molecule has 0 amide bonds. The molecule has 0 heterocycles. The molecule has 3 heteroatoms. The number of rotatable bonds is 7. The Morgan fingerprint density at radius 1 is 1.54 bits per heavy atom.